The second-order valence-electron chi connectivity index (χ2n) is 6.57. The number of anilines is 1. The van der Waals surface area contributed by atoms with Gasteiger partial charge in [0.2, 0.25) is 5.91 Å². The lowest BCUT2D eigenvalue weighted by molar-refractivity contribution is -0.130. The van der Waals surface area contributed by atoms with E-state index in [1.807, 2.05) is 12.1 Å². The molecule has 2 aromatic carbocycles. The Kier molecular flexibility index (Phi) is 7.14. The fraction of sp³-hybridized carbons (Fsp3) is 0.300. The molecule has 0 spiro atoms. The van der Waals surface area contributed by atoms with Crippen molar-refractivity contribution in [1.82, 2.24) is 10.2 Å². The largest absolute Gasteiger partial charge is 0.446 e. The third-order valence-corrected chi connectivity index (χ3v) is 5.64. The molecular weight excluding hydrogens is 439 g/mol. The van der Waals surface area contributed by atoms with Gasteiger partial charge in [-0.05, 0) is 48.2 Å². The van der Waals surface area contributed by atoms with Crippen molar-refractivity contribution >= 4 is 40.9 Å². The highest BCUT2D eigenvalue weighted by Gasteiger charge is 2.31. The first kappa shape index (κ1) is 22.3. The molecule has 160 valence electrons. The number of nitrogens with zero attached hydrogens (tertiary/aromatic N) is 2. The van der Waals surface area contributed by atoms with Crippen molar-refractivity contribution in [3.63, 3.8) is 0 Å². The van der Waals surface area contributed by atoms with E-state index in [9.17, 15) is 22.8 Å². The molecule has 1 aliphatic rings. The van der Waals surface area contributed by atoms with Crippen molar-refractivity contribution in [1.29, 1.82) is 0 Å². The molecule has 0 atom stereocenters. The highest BCUT2D eigenvalue weighted by atomic mass is 35.5. The van der Waals surface area contributed by atoms with Crippen LogP contribution in [-0.4, -0.2) is 54.9 Å². The first-order valence-electron chi connectivity index (χ1n) is 9.14. The third-order valence-electron chi connectivity index (χ3n) is 4.58. The van der Waals surface area contributed by atoms with Gasteiger partial charge in [0, 0.05) is 41.8 Å². The number of hydrogen-bond acceptors (Lipinski definition) is 4. The van der Waals surface area contributed by atoms with Crippen LogP contribution in [0.4, 0.5) is 18.9 Å². The quantitative estimate of drug-likeness (QED) is 0.689. The zero-order chi connectivity index (χ0) is 21.7. The van der Waals surface area contributed by atoms with E-state index in [1.54, 1.807) is 17.0 Å². The van der Waals surface area contributed by atoms with Gasteiger partial charge >= 0.3 is 5.51 Å². The van der Waals surface area contributed by atoms with Gasteiger partial charge in [-0.3, -0.25) is 9.59 Å². The SMILES string of the molecule is O=C(NCC(=O)N1CCN(c2ccc(Cl)cc2)CC1)c1ccccc1SC(F)(F)F. The fourth-order valence-corrected chi connectivity index (χ4v) is 3.89. The second kappa shape index (κ2) is 9.61. The molecule has 2 aromatic rings. The first-order valence-corrected chi connectivity index (χ1v) is 10.3. The van der Waals surface area contributed by atoms with Gasteiger partial charge in [0.05, 0.1) is 12.1 Å². The predicted molar refractivity (Wildman–Crippen MR) is 111 cm³/mol. The van der Waals surface area contributed by atoms with Crippen molar-refractivity contribution in [2.45, 2.75) is 10.4 Å². The maximum atomic E-state index is 12.7. The van der Waals surface area contributed by atoms with Gasteiger partial charge in [-0.1, -0.05) is 23.7 Å². The Balaban J connectivity index is 1.52. The number of carbonyl (C=O) groups excluding carboxylic acids is 2. The smallest absolute Gasteiger partial charge is 0.368 e. The maximum absolute atomic E-state index is 12.7. The minimum atomic E-state index is -4.50. The minimum absolute atomic E-state index is 0.111. The molecule has 0 bridgehead atoms. The number of thioether (sulfide) groups is 1. The van der Waals surface area contributed by atoms with Crippen LogP contribution in [0.5, 0.6) is 0 Å². The number of halogens is 4. The fourth-order valence-electron chi connectivity index (χ4n) is 3.10. The molecule has 10 heteroatoms. The summed E-state index contributed by atoms with van der Waals surface area (Å²) in [4.78, 5) is 28.3. The molecule has 0 aliphatic carbocycles. The standard InChI is InChI=1S/C20H19ClF3N3O2S/c21-14-5-7-15(8-6-14)26-9-11-27(12-10-26)18(28)13-25-19(29)16-3-1-2-4-17(16)30-20(22,23)24/h1-8H,9-13H2,(H,25,29). The second-order valence-corrected chi connectivity index (χ2v) is 8.11. The van der Waals surface area contributed by atoms with Gasteiger partial charge < -0.3 is 15.1 Å². The maximum Gasteiger partial charge on any atom is 0.446 e. The van der Waals surface area contributed by atoms with Gasteiger partial charge in [0.15, 0.2) is 0 Å². The zero-order valence-electron chi connectivity index (χ0n) is 15.8. The highest BCUT2D eigenvalue weighted by Crippen LogP contribution is 2.38. The molecule has 0 aromatic heterocycles. The molecule has 1 saturated heterocycles. The molecular formula is C20H19ClF3N3O2S. The van der Waals surface area contributed by atoms with E-state index < -0.39 is 11.4 Å². The van der Waals surface area contributed by atoms with Crippen LogP contribution in [0.1, 0.15) is 10.4 Å². The Morgan fingerprint density at radius 2 is 1.63 bits per heavy atom. The van der Waals surface area contributed by atoms with Crippen molar-refractivity contribution in [2.75, 3.05) is 37.6 Å². The number of benzene rings is 2. The van der Waals surface area contributed by atoms with E-state index in [2.05, 4.69) is 10.2 Å². The summed E-state index contributed by atoms with van der Waals surface area (Å²) in [6, 6.07) is 12.9. The minimum Gasteiger partial charge on any atom is -0.368 e. The van der Waals surface area contributed by atoms with Crippen molar-refractivity contribution < 1.29 is 22.8 Å². The summed E-state index contributed by atoms with van der Waals surface area (Å²) in [5, 5.41) is 3.08. The van der Waals surface area contributed by atoms with E-state index in [-0.39, 0.29) is 34.7 Å². The lowest BCUT2D eigenvalue weighted by Crippen LogP contribution is -2.51. The molecule has 1 aliphatic heterocycles. The normalized spacial score (nSPS) is 14.5. The van der Waals surface area contributed by atoms with Crippen LogP contribution in [0, 0.1) is 0 Å². The number of piperazine rings is 1. The summed E-state index contributed by atoms with van der Waals surface area (Å²) in [5.74, 6) is -0.990. The molecule has 0 radical (unpaired) electrons. The Labute approximate surface area is 181 Å². The number of carbonyl (C=O) groups is 2. The Hall–Kier alpha value is -2.39. The van der Waals surface area contributed by atoms with Gasteiger partial charge in [0.1, 0.15) is 0 Å². The molecule has 3 rings (SSSR count). The average Bonchev–Trinajstić information content (AvgIpc) is 2.72. The monoisotopic (exact) mass is 457 g/mol. The molecule has 5 nitrogen and oxygen atoms in total. The van der Waals surface area contributed by atoms with Gasteiger partial charge in [0.25, 0.3) is 5.91 Å². The molecule has 30 heavy (non-hydrogen) atoms. The summed E-state index contributed by atoms with van der Waals surface area (Å²) < 4.78 is 38.0. The van der Waals surface area contributed by atoms with Crippen LogP contribution in [0.3, 0.4) is 0 Å². The first-order chi connectivity index (χ1) is 14.2. The van der Waals surface area contributed by atoms with Crippen LogP contribution in [0.2, 0.25) is 5.02 Å². The van der Waals surface area contributed by atoms with Crippen molar-refractivity contribution in [2.24, 2.45) is 0 Å². The predicted octanol–water partition coefficient (Wildman–Crippen LogP) is 4.03. The van der Waals surface area contributed by atoms with Crippen LogP contribution < -0.4 is 10.2 Å². The Morgan fingerprint density at radius 1 is 1.00 bits per heavy atom. The van der Waals surface area contributed by atoms with E-state index >= 15 is 0 Å². The van der Waals surface area contributed by atoms with E-state index in [0.717, 1.165) is 5.69 Å². The molecule has 0 unspecified atom stereocenters. The average molecular weight is 458 g/mol. The number of alkyl halides is 3. The van der Waals surface area contributed by atoms with Crippen molar-refractivity contribution in [3.8, 4) is 0 Å². The van der Waals surface area contributed by atoms with Crippen LogP contribution in [-0.2, 0) is 4.79 Å². The van der Waals surface area contributed by atoms with Crippen LogP contribution >= 0.6 is 23.4 Å². The van der Waals surface area contributed by atoms with Gasteiger partial charge in [-0.25, -0.2) is 0 Å². The third kappa shape index (κ3) is 6.06. The highest BCUT2D eigenvalue weighted by molar-refractivity contribution is 8.00. The zero-order valence-corrected chi connectivity index (χ0v) is 17.4. The van der Waals surface area contributed by atoms with Gasteiger partial charge in [-0.2, -0.15) is 13.2 Å². The lowest BCUT2D eigenvalue weighted by Gasteiger charge is -2.36. The molecule has 1 heterocycles. The molecule has 0 saturated carbocycles. The topological polar surface area (TPSA) is 52.7 Å². The lowest BCUT2D eigenvalue weighted by atomic mass is 10.2. The summed E-state index contributed by atoms with van der Waals surface area (Å²) in [6.45, 7) is 1.96. The van der Waals surface area contributed by atoms with Crippen LogP contribution in [0.25, 0.3) is 0 Å². The molecule has 1 fully saturated rings. The number of hydrogen-bond donors (Lipinski definition) is 1. The van der Waals surface area contributed by atoms with Gasteiger partial charge in [-0.15, -0.1) is 0 Å². The van der Waals surface area contributed by atoms with E-state index in [1.165, 1.54) is 24.3 Å². The number of amides is 2. The molecule has 1 N–H and O–H groups in total. The summed E-state index contributed by atoms with van der Waals surface area (Å²) in [6.07, 6.45) is 0. The van der Waals surface area contributed by atoms with E-state index in [0.29, 0.717) is 31.2 Å². The Bertz CT molecular complexity index is 901. The summed E-state index contributed by atoms with van der Waals surface area (Å²) in [7, 11) is 0. The van der Waals surface area contributed by atoms with E-state index in [4.69, 9.17) is 11.6 Å². The Morgan fingerprint density at radius 3 is 2.27 bits per heavy atom. The van der Waals surface area contributed by atoms with Crippen LogP contribution in [0.15, 0.2) is 53.4 Å². The summed E-state index contributed by atoms with van der Waals surface area (Å²) in [5.41, 5.74) is -3.60. The van der Waals surface area contributed by atoms with Crippen molar-refractivity contribution in [3.05, 3.63) is 59.1 Å². The number of nitrogens with one attached hydrogen (secondary N) is 1. The summed E-state index contributed by atoms with van der Waals surface area (Å²) >= 11 is 5.55. The molecule has 2 amide bonds. The number of rotatable bonds is 5.